The number of aliphatic hydroxyl groups excluding tert-OH is 1. The zero-order valence-electron chi connectivity index (χ0n) is 11.0. The number of aliphatic hydroxyl groups is 1. The molecule has 1 amide bonds. The van der Waals surface area contributed by atoms with Gasteiger partial charge in [0.1, 0.15) is 0 Å². The molecule has 2 N–H and O–H groups in total. The first kappa shape index (κ1) is 15.0. The van der Waals surface area contributed by atoms with Crippen LogP contribution >= 0.6 is 0 Å². The van der Waals surface area contributed by atoms with Crippen LogP contribution in [0.2, 0.25) is 0 Å². The van der Waals surface area contributed by atoms with Crippen LogP contribution in [0.4, 0.5) is 0 Å². The van der Waals surface area contributed by atoms with Gasteiger partial charge in [0.05, 0.1) is 13.0 Å². The number of hydrogen-bond acceptors (Lipinski definition) is 3. The van der Waals surface area contributed by atoms with Crippen LogP contribution in [-0.2, 0) is 9.59 Å². The van der Waals surface area contributed by atoms with Gasteiger partial charge in [0.25, 0.3) is 0 Å². The predicted molar refractivity (Wildman–Crippen MR) is 67.1 cm³/mol. The van der Waals surface area contributed by atoms with Crippen molar-refractivity contribution < 1.29 is 19.8 Å². The van der Waals surface area contributed by atoms with Crippen molar-refractivity contribution >= 4 is 11.9 Å². The van der Waals surface area contributed by atoms with Crippen LogP contribution in [0.3, 0.4) is 0 Å². The van der Waals surface area contributed by atoms with Crippen LogP contribution in [0.1, 0.15) is 45.4 Å². The minimum Gasteiger partial charge on any atom is -0.481 e. The maximum Gasteiger partial charge on any atom is 0.303 e. The van der Waals surface area contributed by atoms with Gasteiger partial charge in [0.15, 0.2) is 0 Å². The second-order valence-corrected chi connectivity index (χ2v) is 5.15. The second kappa shape index (κ2) is 6.73. The minimum atomic E-state index is -0.824. The third kappa shape index (κ3) is 3.98. The van der Waals surface area contributed by atoms with E-state index in [9.17, 15) is 9.59 Å². The van der Waals surface area contributed by atoms with E-state index in [1.807, 2.05) is 6.92 Å². The van der Waals surface area contributed by atoms with E-state index in [0.29, 0.717) is 19.5 Å². The molecule has 104 valence electrons. The van der Waals surface area contributed by atoms with Crippen molar-refractivity contribution in [1.82, 2.24) is 4.90 Å². The molecule has 1 fully saturated rings. The summed E-state index contributed by atoms with van der Waals surface area (Å²) in [6.07, 6.45) is 4.03. The first-order valence-corrected chi connectivity index (χ1v) is 6.63. The van der Waals surface area contributed by atoms with Crippen molar-refractivity contribution in [2.45, 2.75) is 45.4 Å². The number of rotatable bonds is 7. The minimum absolute atomic E-state index is 0.0327. The zero-order valence-corrected chi connectivity index (χ0v) is 11.0. The van der Waals surface area contributed by atoms with E-state index in [-0.39, 0.29) is 24.3 Å². The van der Waals surface area contributed by atoms with Crippen LogP contribution in [0.5, 0.6) is 0 Å². The summed E-state index contributed by atoms with van der Waals surface area (Å²) in [5.41, 5.74) is -0.355. The first-order chi connectivity index (χ1) is 8.53. The molecule has 0 atom stereocenters. The Hall–Kier alpha value is -1.10. The van der Waals surface area contributed by atoms with Gasteiger partial charge in [-0.15, -0.1) is 0 Å². The number of likely N-dealkylation sites (N-methyl/N-ethyl adjacent to an activating group) is 1. The molecule has 0 aliphatic heterocycles. The SMILES string of the molecule is CCN(CCO)C(=O)CC1(CC(=O)O)CCCC1. The highest BCUT2D eigenvalue weighted by atomic mass is 16.4. The molecular formula is C13H23NO4. The molecule has 0 heterocycles. The van der Waals surface area contributed by atoms with Crippen molar-refractivity contribution in [3.63, 3.8) is 0 Å². The Morgan fingerprint density at radius 2 is 1.83 bits per heavy atom. The molecule has 0 bridgehead atoms. The van der Waals surface area contributed by atoms with Crippen molar-refractivity contribution in [3.8, 4) is 0 Å². The maximum absolute atomic E-state index is 12.1. The molecule has 1 aliphatic rings. The van der Waals surface area contributed by atoms with Gasteiger partial charge in [-0.1, -0.05) is 12.8 Å². The van der Waals surface area contributed by atoms with Gasteiger partial charge in [-0.2, -0.15) is 0 Å². The lowest BCUT2D eigenvalue weighted by Crippen LogP contribution is -2.37. The van der Waals surface area contributed by atoms with Gasteiger partial charge in [0.2, 0.25) is 5.91 Å². The number of nitrogens with zero attached hydrogens (tertiary/aromatic N) is 1. The molecule has 18 heavy (non-hydrogen) atoms. The number of hydrogen-bond donors (Lipinski definition) is 2. The summed E-state index contributed by atoms with van der Waals surface area (Å²) >= 11 is 0. The van der Waals surface area contributed by atoms with E-state index >= 15 is 0 Å². The monoisotopic (exact) mass is 257 g/mol. The summed E-state index contributed by atoms with van der Waals surface area (Å²) in [5.74, 6) is -0.857. The largest absolute Gasteiger partial charge is 0.481 e. The van der Waals surface area contributed by atoms with Crippen molar-refractivity contribution in [3.05, 3.63) is 0 Å². The Balaban J connectivity index is 2.65. The van der Waals surface area contributed by atoms with E-state index in [4.69, 9.17) is 10.2 Å². The highest BCUT2D eigenvalue weighted by molar-refractivity contribution is 5.78. The van der Waals surface area contributed by atoms with Gasteiger partial charge in [-0.05, 0) is 25.2 Å². The fourth-order valence-electron chi connectivity index (χ4n) is 2.87. The summed E-state index contributed by atoms with van der Waals surface area (Å²) < 4.78 is 0. The molecule has 0 aromatic carbocycles. The van der Waals surface area contributed by atoms with Crippen LogP contribution in [0.25, 0.3) is 0 Å². The van der Waals surface area contributed by atoms with Crippen LogP contribution < -0.4 is 0 Å². The fourth-order valence-corrected chi connectivity index (χ4v) is 2.87. The predicted octanol–water partition coefficient (Wildman–Crippen LogP) is 1.25. The van der Waals surface area contributed by atoms with Gasteiger partial charge >= 0.3 is 5.97 Å². The summed E-state index contributed by atoms with van der Waals surface area (Å²) in [4.78, 5) is 24.7. The molecule has 0 saturated heterocycles. The highest BCUT2D eigenvalue weighted by Gasteiger charge is 2.38. The lowest BCUT2D eigenvalue weighted by Gasteiger charge is -2.30. The average Bonchev–Trinajstić information content (AvgIpc) is 2.72. The molecule has 5 nitrogen and oxygen atoms in total. The number of carboxylic acid groups (broad SMARTS) is 1. The summed E-state index contributed by atoms with van der Waals surface area (Å²) in [6, 6.07) is 0. The topological polar surface area (TPSA) is 77.8 Å². The normalized spacial score (nSPS) is 17.7. The summed E-state index contributed by atoms with van der Waals surface area (Å²) in [5, 5.41) is 17.9. The third-order valence-electron chi connectivity index (χ3n) is 3.82. The van der Waals surface area contributed by atoms with Gasteiger partial charge in [-0.25, -0.2) is 0 Å². The first-order valence-electron chi connectivity index (χ1n) is 6.63. The Labute approximate surface area is 108 Å². The second-order valence-electron chi connectivity index (χ2n) is 5.15. The zero-order chi connectivity index (χ0) is 13.6. The molecule has 0 spiro atoms. The van der Waals surface area contributed by atoms with E-state index in [0.717, 1.165) is 25.7 Å². The third-order valence-corrected chi connectivity index (χ3v) is 3.82. The molecule has 0 radical (unpaired) electrons. The molecule has 0 aromatic heterocycles. The van der Waals surface area contributed by atoms with E-state index in [2.05, 4.69) is 0 Å². The lowest BCUT2D eigenvalue weighted by atomic mass is 9.79. The van der Waals surface area contributed by atoms with E-state index < -0.39 is 5.97 Å². The van der Waals surface area contributed by atoms with Crippen molar-refractivity contribution in [2.75, 3.05) is 19.7 Å². The Kier molecular flexibility index (Phi) is 5.59. The highest BCUT2D eigenvalue weighted by Crippen LogP contribution is 2.44. The Bertz CT molecular complexity index is 297. The molecule has 0 unspecified atom stereocenters. The van der Waals surface area contributed by atoms with E-state index in [1.165, 1.54) is 0 Å². The van der Waals surface area contributed by atoms with Crippen molar-refractivity contribution in [1.29, 1.82) is 0 Å². The summed E-state index contributed by atoms with van der Waals surface area (Å²) in [6.45, 7) is 2.71. The number of carboxylic acids is 1. The molecule has 0 aromatic rings. The fraction of sp³-hybridized carbons (Fsp3) is 0.846. The Morgan fingerprint density at radius 3 is 2.28 bits per heavy atom. The molecular weight excluding hydrogens is 234 g/mol. The van der Waals surface area contributed by atoms with Crippen LogP contribution in [-0.4, -0.2) is 46.7 Å². The average molecular weight is 257 g/mol. The molecule has 1 rings (SSSR count). The maximum atomic E-state index is 12.1. The quantitative estimate of drug-likeness (QED) is 0.719. The molecule has 1 aliphatic carbocycles. The van der Waals surface area contributed by atoms with Gasteiger partial charge in [-0.3, -0.25) is 9.59 Å². The molecule has 5 heteroatoms. The lowest BCUT2D eigenvalue weighted by molar-refractivity contribution is -0.141. The standard InChI is InChI=1S/C13H23NO4/c1-2-14(7-8-15)11(16)9-13(10-12(17)18)5-3-4-6-13/h15H,2-10H2,1H3,(H,17,18). The van der Waals surface area contributed by atoms with Gasteiger partial charge < -0.3 is 15.1 Å². The smallest absolute Gasteiger partial charge is 0.303 e. The number of carbonyl (C=O) groups excluding carboxylic acids is 1. The molecule has 1 saturated carbocycles. The van der Waals surface area contributed by atoms with Crippen LogP contribution in [0, 0.1) is 5.41 Å². The number of carbonyl (C=O) groups is 2. The van der Waals surface area contributed by atoms with Crippen LogP contribution in [0.15, 0.2) is 0 Å². The number of amides is 1. The van der Waals surface area contributed by atoms with E-state index in [1.54, 1.807) is 4.90 Å². The number of aliphatic carboxylic acids is 1. The van der Waals surface area contributed by atoms with Crippen molar-refractivity contribution in [2.24, 2.45) is 5.41 Å². The summed E-state index contributed by atoms with van der Waals surface area (Å²) in [7, 11) is 0. The van der Waals surface area contributed by atoms with Gasteiger partial charge in [0, 0.05) is 19.5 Å². The Morgan fingerprint density at radius 1 is 1.22 bits per heavy atom.